The minimum atomic E-state index is -0.305. The molecular weight excluding hydrogens is 338 g/mol. The van der Waals surface area contributed by atoms with E-state index in [0.717, 1.165) is 29.9 Å². The number of aromatic nitrogens is 1. The van der Waals surface area contributed by atoms with Crippen molar-refractivity contribution in [1.29, 1.82) is 0 Å². The fraction of sp³-hybridized carbons (Fsp3) is 0.263. The third-order valence-electron chi connectivity index (χ3n) is 4.56. The number of halogens is 1. The van der Waals surface area contributed by atoms with Gasteiger partial charge in [0.2, 0.25) is 0 Å². The van der Waals surface area contributed by atoms with Crippen LogP contribution in [0.25, 0.3) is 11.0 Å². The molecule has 1 fully saturated rings. The average molecular weight is 356 g/mol. The van der Waals surface area contributed by atoms with Crippen LogP contribution in [-0.4, -0.2) is 24.0 Å². The second kappa shape index (κ2) is 6.41. The van der Waals surface area contributed by atoms with Gasteiger partial charge in [0.15, 0.2) is 11.3 Å². The van der Waals surface area contributed by atoms with Gasteiger partial charge in [-0.1, -0.05) is 23.7 Å². The van der Waals surface area contributed by atoms with Crippen LogP contribution in [0.3, 0.4) is 0 Å². The van der Waals surface area contributed by atoms with Crippen molar-refractivity contribution in [3.8, 4) is 0 Å². The molecule has 0 saturated carbocycles. The number of para-hydroxylation sites is 1. The fourth-order valence-corrected chi connectivity index (χ4v) is 3.42. The summed E-state index contributed by atoms with van der Waals surface area (Å²) in [5, 5.41) is 4.18. The predicted molar refractivity (Wildman–Crippen MR) is 99.6 cm³/mol. The van der Waals surface area contributed by atoms with Crippen molar-refractivity contribution >= 4 is 40.0 Å². The number of amides is 1. The number of fused-ring (bicyclic) bond motifs is 1. The Bertz CT molecular complexity index is 928. The molecular formula is C19H18ClN3O2. The van der Waals surface area contributed by atoms with Crippen LogP contribution in [0.4, 0.5) is 11.5 Å². The molecule has 128 valence electrons. The molecule has 6 heteroatoms. The molecule has 0 bridgehead atoms. The molecule has 1 amide bonds. The Morgan fingerprint density at radius 1 is 1.24 bits per heavy atom. The normalized spacial score (nSPS) is 14.2. The molecule has 3 heterocycles. The second-order valence-electron chi connectivity index (χ2n) is 6.23. The Kier molecular flexibility index (Phi) is 4.09. The number of rotatable bonds is 3. The fourth-order valence-electron chi connectivity index (χ4n) is 3.21. The monoisotopic (exact) mass is 355 g/mol. The van der Waals surface area contributed by atoms with Crippen molar-refractivity contribution in [2.75, 3.05) is 23.3 Å². The minimum Gasteiger partial charge on any atom is -0.449 e. The van der Waals surface area contributed by atoms with E-state index in [1.807, 2.05) is 31.2 Å². The molecule has 0 unspecified atom stereocenters. The van der Waals surface area contributed by atoms with Crippen molar-refractivity contribution in [3.05, 3.63) is 52.9 Å². The summed E-state index contributed by atoms with van der Waals surface area (Å²) in [4.78, 5) is 19.3. The van der Waals surface area contributed by atoms with E-state index < -0.39 is 0 Å². The Morgan fingerprint density at radius 2 is 2.04 bits per heavy atom. The van der Waals surface area contributed by atoms with Gasteiger partial charge in [-0.05, 0) is 38.0 Å². The Hall–Kier alpha value is -2.53. The van der Waals surface area contributed by atoms with Gasteiger partial charge in [-0.2, -0.15) is 0 Å². The lowest BCUT2D eigenvalue weighted by molar-refractivity contribution is 0.0998. The lowest BCUT2D eigenvalue weighted by Crippen LogP contribution is -2.19. The number of hydrogen-bond donors (Lipinski definition) is 1. The number of nitrogens with zero attached hydrogens (tertiary/aromatic N) is 2. The Balaban J connectivity index is 1.56. The van der Waals surface area contributed by atoms with Crippen molar-refractivity contribution in [2.24, 2.45) is 0 Å². The molecule has 1 aliphatic rings. The molecule has 3 aromatic rings. The lowest BCUT2D eigenvalue weighted by Gasteiger charge is -2.16. The van der Waals surface area contributed by atoms with Gasteiger partial charge in [0.1, 0.15) is 5.82 Å². The predicted octanol–water partition coefficient (Wildman–Crippen LogP) is 4.64. The first kappa shape index (κ1) is 16.0. The third-order valence-corrected chi connectivity index (χ3v) is 4.86. The summed E-state index contributed by atoms with van der Waals surface area (Å²) in [6.07, 6.45) is 4.08. The lowest BCUT2D eigenvalue weighted by atomic mass is 10.1. The summed E-state index contributed by atoms with van der Waals surface area (Å²) in [5.41, 5.74) is 1.95. The topological polar surface area (TPSA) is 58.4 Å². The number of aryl methyl sites for hydroxylation is 1. The molecule has 0 radical (unpaired) electrons. The summed E-state index contributed by atoms with van der Waals surface area (Å²) in [6, 6.07) is 9.28. The van der Waals surface area contributed by atoms with Crippen LogP contribution in [0.5, 0.6) is 0 Å². The van der Waals surface area contributed by atoms with Crippen LogP contribution in [0, 0.1) is 6.92 Å². The SMILES string of the molecule is Cc1c(C(=O)Nc2ccc(N3CCCC3)nc2)oc2c(Cl)cccc12. The first-order chi connectivity index (χ1) is 12.1. The second-order valence-corrected chi connectivity index (χ2v) is 6.63. The standard InChI is InChI=1S/C19H18ClN3O2/c1-12-14-5-4-6-15(20)18(14)25-17(12)19(24)22-13-7-8-16(21-11-13)23-9-2-3-10-23/h4-8,11H,2-3,9-10H2,1H3,(H,22,24). The zero-order valence-electron chi connectivity index (χ0n) is 13.9. The number of hydrogen-bond acceptors (Lipinski definition) is 4. The van der Waals surface area contributed by atoms with Gasteiger partial charge in [-0.3, -0.25) is 4.79 Å². The van der Waals surface area contributed by atoms with Crippen molar-refractivity contribution in [3.63, 3.8) is 0 Å². The number of anilines is 2. The van der Waals surface area contributed by atoms with E-state index in [9.17, 15) is 4.79 Å². The maximum absolute atomic E-state index is 12.6. The van der Waals surface area contributed by atoms with Crippen LogP contribution >= 0.6 is 11.6 Å². The number of carbonyl (C=O) groups is 1. The zero-order valence-corrected chi connectivity index (χ0v) is 14.6. The highest BCUT2D eigenvalue weighted by atomic mass is 35.5. The van der Waals surface area contributed by atoms with Crippen molar-refractivity contribution in [1.82, 2.24) is 4.98 Å². The average Bonchev–Trinajstić information content (AvgIpc) is 3.25. The molecule has 5 nitrogen and oxygen atoms in total. The molecule has 1 saturated heterocycles. The van der Waals surface area contributed by atoms with Crippen LogP contribution in [0.2, 0.25) is 5.02 Å². The van der Waals surface area contributed by atoms with Gasteiger partial charge in [0.05, 0.1) is 16.9 Å². The third kappa shape index (κ3) is 2.96. The largest absolute Gasteiger partial charge is 0.449 e. The highest BCUT2D eigenvalue weighted by Gasteiger charge is 2.19. The first-order valence-corrected chi connectivity index (χ1v) is 8.71. The maximum Gasteiger partial charge on any atom is 0.291 e. The highest BCUT2D eigenvalue weighted by Crippen LogP contribution is 2.31. The number of pyridine rings is 1. The summed E-state index contributed by atoms with van der Waals surface area (Å²) in [5.74, 6) is 0.911. The van der Waals surface area contributed by atoms with Gasteiger partial charge in [0.25, 0.3) is 5.91 Å². The molecule has 25 heavy (non-hydrogen) atoms. The number of nitrogens with one attached hydrogen (secondary N) is 1. The summed E-state index contributed by atoms with van der Waals surface area (Å²) in [7, 11) is 0. The van der Waals surface area contributed by atoms with Gasteiger partial charge >= 0.3 is 0 Å². The van der Waals surface area contributed by atoms with Gasteiger partial charge in [-0.15, -0.1) is 0 Å². The van der Waals surface area contributed by atoms with E-state index in [4.69, 9.17) is 16.0 Å². The molecule has 4 rings (SSSR count). The van der Waals surface area contributed by atoms with Crippen LogP contribution in [0.1, 0.15) is 29.0 Å². The molecule has 1 aliphatic heterocycles. The zero-order chi connectivity index (χ0) is 17.4. The number of benzene rings is 1. The van der Waals surface area contributed by atoms with Crippen LogP contribution < -0.4 is 10.2 Å². The summed E-state index contributed by atoms with van der Waals surface area (Å²) < 4.78 is 5.70. The van der Waals surface area contributed by atoms with E-state index in [0.29, 0.717) is 16.3 Å². The molecule has 1 aromatic carbocycles. The van der Waals surface area contributed by atoms with E-state index in [-0.39, 0.29) is 11.7 Å². The van der Waals surface area contributed by atoms with E-state index >= 15 is 0 Å². The molecule has 0 atom stereocenters. The minimum absolute atomic E-state index is 0.270. The molecule has 1 N–H and O–H groups in total. The quantitative estimate of drug-likeness (QED) is 0.743. The van der Waals surface area contributed by atoms with Gasteiger partial charge in [0, 0.05) is 24.0 Å². The molecule has 2 aromatic heterocycles. The van der Waals surface area contributed by atoms with Gasteiger partial charge in [-0.25, -0.2) is 4.98 Å². The van der Waals surface area contributed by atoms with Crippen LogP contribution in [-0.2, 0) is 0 Å². The number of furan rings is 1. The van der Waals surface area contributed by atoms with Gasteiger partial charge < -0.3 is 14.6 Å². The smallest absolute Gasteiger partial charge is 0.291 e. The Morgan fingerprint density at radius 3 is 2.72 bits per heavy atom. The van der Waals surface area contributed by atoms with E-state index in [2.05, 4.69) is 15.2 Å². The maximum atomic E-state index is 12.6. The van der Waals surface area contributed by atoms with E-state index in [1.54, 1.807) is 12.3 Å². The highest BCUT2D eigenvalue weighted by molar-refractivity contribution is 6.35. The first-order valence-electron chi connectivity index (χ1n) is 8.33. The van der Waals surface area contributed by atoms with Crippen LogP contribution in [0.15, 0.2) is 40.9 Å². The molecule has 0 spiro atoms. The molecule has 0 aliphatic carbocycles. The summed E-state index contributed by atoms with van der Waals surface area (Å²) in [6.45, 7) is 3.93. The van der Waals surface area contributed by atoms with Crippen molar-refractivity contribution < 1.29 is 9.21 Å². The number of carbonyl (C=O) groups excluding carboxylic acids is 1. The summed E-state index contributed by atoms with van der Waals surface area (Å²) >= 11 is 6.15. The van der Waals surface area contributed by atoms with Crippen molar-refractivity contribution in [2.45, 2.75) is 19.8 Å². The van der Waals surface area contributed by atoms with E-state index in [1.165, 1.54) is 12.8 Å². The Labute approximate surface area is 150 Å².